The first-order valence-corrected chi connectivity index (χ1v) is 8.88. The van der Waals surface area contributed by atoms with E-state index in [1.54, 1.807) is 31.2 Å². The van der Waals surface area contributed by atoms with Gasteiger partial charge < -0.3 is 5.32 Å². The lowest BCUT2D eigenvalue weighted by Crippen LogP contribution is -2.26. The third kappa shape index (κ3) is 4.40. The molecule has 0 spiro atoms. The summed E-state index contributed by atoms with van der Waals surface area (Å²) in [5, 5.41) is 7.98. The summed E-state index contributed by atoms with van der Waals surface area (Å²) in [6.07, 6.45) is 0.915. The van der Waals surface area contributed by atoms with E-state index in [4.69, 9.17) is 5.14 Å². The molecule has 3 N–H and O–H groups in total. The summed E-state index contributed by atoms with van der Waals surface area (Å²) in [5.74, 6) is -0.207. The molecule has 2 rings (SSSR count). The number of sulfonamides is 1. The van der Waals surface area contributed by atoms with E-state index in [9.17, 15) is 13.2 Å². The molecule has 0 fully saturated rings. The molecule has 0 aromatic heterocycles. The van der Waals surface area contributed by atoms with Crippen molar-refractivity contribution in [3.8, 4) is 0 Å². The summed E-state index contributed by atoms with van der Waals surface area (Å²) in [4.78, 5) is 12.3. The summed E-state index contributed by atoms with van der Waals surface area (Å²) in [6, 6.07) is 13.3. The smallest absolute Gasteiger partial charge is 0.251 e. The Kier molecular flexibility index (Phi) is 5.18. The predicted octanol–water partition coefficient (Wildman–Crippen LogP) is 2.39. The maximum atomic E-state index is 12.3. The van der Waals surface area contributed by atoms with Gasteiger partial charge in [0.05, 0.1) is 10.9 Å². The van der Waals surface area contributed by atoms with Crippen LogP contribution in [-0.2, 0) is 16.4 Å². The Morgan fingerprint density at radius 1 is 1.17 bits per heavy atom. The second-order valence-electron chi connectivity index (χ2n) is 5.36. The molecule has 0 aliphatic rings. The maximum Gasteiger partial charge on any atom is 0.251 e. The zero-order valence-electron chi connectivity index (χ0n) is 13.1. The SMILES string of the molecule is CCc1ccc(C(=O)N[C@@H](C)c2cccc(S(N)(=O)=O)c2)cc1. The van der Waals surface area contributed by atoms with Crippen LogP contribution in [0.25, 0.3) is 0 Å². The van der Waals surface area contributed by atoms with Crippen LogP contribution in [0.3, 0.4) is 0 Å². The van der Waals surface area contributed by atoms with Crippen molar-refractivity contribution in [3.05, 3.63) is 65.2 Å². The number of rotatable bonds is 5. The number of benzene rings is 2. The molecule has 0 aliphatic carbocycles. The van der Waals surface area contributed by atoms with Gasteiger partial charge in [0.25, 0.3) is 5.91 Å². The highest BCUT2D eigenvalue weighted by molar-refractivity contribution is 7.89. The van der Waals surface area contributed by atoms with Crippen molar-refractivity contribution in [1.82, 2.24) is 5.32 Å². The fourth-order valence-corrected chi connectivity index (χ4v) is 2.78. The normalized spacial score (nSPS) is 12.7. The van der Waals surface area contributed by atoms with E-state index in [1.165, 1.54) is 12.1 Å². The molecule has 0 bridgehead atoms. The van der Waals surface area contributed by atoms with Crippen LogP contribution in [0.2, 0.25) is 0 Å². The molecule has 0 heterocycles. The van der Waals surface area contributed by atoms with Crippen molar-refractivity contribution in [2.45, 2.75) is 31.2 Å². The summed E-state index contributed by atoms with van der Waals surface area (Å²) >= 11 is 0. The summed E-state index contributed by atoms with van der Waals surface area (Å²) in [7, 11) is -3.76. The molecule has 122 valence electrons. The van der Waals surface area contributed by atoms with Crippen LogP contribution in [0.1, 0.15) is 41.4 Å². The molecular weight excluding hydrogens is 312 g/mol. The number of aryl methyl sites for hydroxylation is 1. The number of carbonyl (C=O) groups is 1. The van der Waals surface area contributed by atoms with E-state index in [0.717, 1.165) is 12.0 Å². The molecule has 0 saturated heterocycles. The standard InChI is InChI=1S/C17H20N2O3S/c1-3-13-7-9-14(10-8-13)17(20)19-12(2)15-5-4-6-16(11-15)23(18,21)22/h4-12H,3H2,1-2H3,(H,19,20)(H2,18,21,22)/t12-/m0/s1. The van der Waals surface area contributed by atoms with Gasteiger partial charge in [-0.1, -0.05) is 31.2 Å². The van der Waals surface area contributed by atoms with Crippen LogP contribution < -0.4 is 10.5 Å². The number of hydrogen-bond acceptors (Lipinski definition) is 3. The van der Waals surface area contributed by atoms with E-state index in [1.807, 2.05) is 12.1 Å². The van der Waals surface area contributed by atoms with Crippen molar-refractivity contribution < 1.29 is 13.2 Å². The number of amides is 1. The maximum absolute atomic E-state index is 12.3. The van der Waals surface area contributed by atoms with Crippen molar-refractivity contribution in [2.24, 2.45) is 5.14 Å². The van der Waals surface area contributed by atoms with Crippen molar-refractivity contribution in [1.29, 1.82) is 0 Å². The second-order valence-corrected chi connectivity index (χ2v) is 6.92. The largest absolute Gasteiger partial charge is 0.346 e. The van der Waals surface area contributed by atoms with Gasteiger partial charge in [0.15, 0.2) is 0 Å². The van der Waals surface area contributed by atoms with Gasteiger partial charge in [-0.3, -0.25) is 4.79 Å². The minimum atomic E-state index is -3.76. The fraction of sp³-hybridized carbons (Fsp3) is 0.235. The molecule has 2 aromatic carbocycles. The van der Waals surface area contributed by atoms with Crippen molar-refractivity contribution in [3.63, 3.8) is 0 Å². The number of nitrogens with one attached hydrogen (secondary N) is 1. The van der Waals surface area contributed by atoms with Gasteiger partial charge in [-0.2, -0.15) is 0 Å². The third-order valence-corrected chi connectivity index (χ3v) is 4.57. The highest BCUT2D eigenvalue weighted by atomic mass is 32.2. The first-order chi connectivity index (χ1) is 10.8. The van der Waals surface area contributed by atoms with Gasteiger partial charge >= 0.3 is 0 Å². The number of primary sulfonamides is 1. The quantitative estimate of drug-likeness (QED) is 0.881. The topological polar surface area (TPSA) is 89.3 Å². The number of carbonyl (C=O) groups excluding carboxylic acids is 1. The Morgan fingerprint density at radius 3 is 2.39 bits per heavy atom. The van der Waals surface area contributed by atoms with E-state index in [0.29, 0.717) is 11.1 Å². The summed E-state index contributed by atoms with van der Waals surface area (Å²) in [6.45, 7) is 3.84. The molecule has 0 saturated carbocycles. The Morgan fingerprint density at radius 2 is 1.83 bits per heavy atom. The lowest BCUT2D eigenvalue weighted by Gasteiger charge is -2.15. The molecule has 23 heavy (non-hydrogen) atoms. The average Bonchev–Trinajstić information content (AvgIpc) is 2.54. The van der Waals surface area contributed by atoms with Crippen LogP contribution in [0.4, 0.5) is 0 Å². The Balaban J connectivity index is 2.14. The van der Waals surface area contributed by atoms with Crippen molar-refractivity contribution >= 4 is 15.9 Å². The van der Waals surface area contributed by atoms with Gasteiger partial charge in [0, 0.05) is 5.56 Å². The fourth-order valence-electron chi connectivity index (χ4n) is 2.22. The van der Waals surface area contributed by atoms with Crippen LogP contribution in [0.5, 0.6) is 0 Å². The Bertz CT molecular complexity index is 799. The van der Waals surface area contributed by atoms with Gasteiger partial charge in [0.2, 0.25) is 10.0 Å². The van der Waals surface area contributed by atoms with Crippen LogP contribution in [0, 0.1) is 0 Å². The zero-order chi connectivity index (χ0) is 17.0. The van der Waals surface area contributed by atoms with Gasteiger partial charge in [-0.05, 0) is 48.7 Å². The monoisotopic (exact) mass is 332 g/mol. The van der Waals surface area contributed by atoms with Gasteiger partial charge in [-0.25, -0.2) is 13.6 Å². The van der Waals surface area contributed by atoms with Crippen LogP contribution in [0.15, 0.2) is 53.4 Å². The van der Waals surface area contributed by atoms with E-state index >= 15 is 0 Å². The number of nitrogens with two attached hydrogens (primary N) is 1. The lowest BCUT2D eigenvalue weighted by molar-refractivity contribution is 0.0940. The second kappa shape index (κ2) is 6.93. The highest BCUT2D eigenvalue weighted by Gasteiger charge is 2.14. The number of hydrogen-bond donors (Lipinski definition) is 2. The Labute approximate surface area is 136 Å². The van der Waals surface area contributed by atoms with Crippen LogP contribution in [-0.4, -0.2) is 14.3 Å². The third-order valence-electron chi connectivity index (χ3n) is 3.66. The zero-order valence-corrected chi connectivity index (χ0v) is 13.9. The molecule has 6 heteroatoms. The molecule has 5 nitrogen and oxygen atoms in total. The minimum Gasteiger partial charge on any atom is -0.346 e. The van der Waals surface area contributed by atoms with Gasteiger partial charge in [0.1, 0.15) is 0 Å². The van der Waals surface area contributed by atoms with Crippen molar-refractivity contribution in [2.75, 3.05) is 0 Å². The predicted molar refractivity (Wildman–Crippen MR) is 89.5 cm³/mol. The molecule has 0 radical (unpaired) electrons. The highest BCUT2D eigenvalue weighted by Crippen LogP contribution is 2.17. The first kappa shape index (κ1) is 17.2. The molecule has 0 aliphatic heterocycles. The van der Waals surface area contributed by atoms with E-state index in [2.05, 4.69) is 12.2 Å². The molecular formula is C17H20N2O3S. The van der Waals surface area contributed by atoms with E-state index < -0.39 is 10.0 Å². The van der Waals surface area contributed by atoms with Gasteiger partial charge in [-0.15, -0.1) is 0 Å². The molecule has 0 unspecified atom stereocenters. The molecule has 1 atom stereocenters. The Hall–Kier alpha value is -2.18. The van der Waals surface area contributed by atoms with E-state index in [-0.39, 0.29) is 16.8 Å². The summed E-state index contributed by atoms with van der Waals surface area (Å²) in [5.41, 5.74) is 2.40. The average molecular weight is 332 g/mol. The summed E-state index contributed by atoms with van der Waals surface area (Å²) < 4.78 is 22.8. The van der Waals surface area contributed by atoms with Crippen LogP contribution >= 0.6 is 0 Å². The lowest BCUT2D eigenvalue weighted by atomic mass is 10.1. The molecule has 2 aromatic rings. The molecule has 1 amide bonds. The minimum absolute atomic E-state index is 0.0309. The first-order valence-electron chi connectivity index (χ1n) is 7.34.